The van der Waals surface area contributed by atoms with Crippen molar-refractivity contribution in [2.24, 2.45) is 11.8 Å². The number of aromatic amines is 2. The number of rotatable bonds is 3. The molecule has 2 aliphatic heterocycles. The van der Waals surface area contributed by atoms with Crippen molar-refractivity contribution in [2.45, 2.75) is 0 Å². The van der Waals surface area contributed by atoms with Crippen LogP contribution in [0.5, 0.6) is 5.75 Å². The van der Waals surface area contributed by atoms with Gasteiger partial charge in [-0.3, -0.25) is 19.6 Å². The number of hydrogen-bond donors (Lipinski definition) is 2. The molecule has 2 aromatic rings. The Balaban J connectivity index is 1.47. The van der Waals surface area contributed by atoms with E-state index in [1.54, 1.807) is 19.2 Å². The van der Waals surface area contributed by atoms with Crippen molar-refractivity contribution in [1.29, 1.82) is 0 Å². The first-order chi connectivity index (χ1) is 12.5. The van der Waals surface area contributed by atoms with Gasteiger partial charge in [-0.1, -0.05) is 12.1 Å². The standard InChI is InChI=1S/C18H20N4O4/c1-26-14-5-3-2-4-13(14)17(24)22-9-11-7-21(8-12(11)10-22)15-6-16(23)20-18(25)19-15/h2-6,11-12H,7-10H2,1H3,(H2,19,20,23,25). The number of ether oxygens (including phenoxy) is 1. The first-order valence-electron chi connectivity index (χ1n) is 8.56. The fourth-order valence-electron chi connectivity index (χ4n) is 3.97. The molecule has 0 spiro atoms. The molecule has 2 fully saturated rings. The summed E-state index contributed by atoms with van der Waals surface area (Å²) in [5.41, 5.74) is -0.336. The molecule has 2 unspecified atom stereocenters. The van der Waals surface area contributed by atoms with Crippen LogP contribution in [-0.4, -0.2) is 54.1 Å². The second-order valence-corrected chi connectivity index (χ2v) is 6.81. The van der Waals surface area contributed by atoms with E-state index in [-0.39, 0.29) is 5.91 Å². The number of carbonyl (C=O) groups excluding carboxylic acids is 1. The fourth-order valence-corrected chi connectivity index (χ4v) is 3.97. The lowest BCUT2D eigenvalue weighted by molar-refractivity contribution is 0.0779. The van der Waals surface area contributed by atoms with Gasteiger partial charge >= 0.3 is 5.69 Å². The van der Waals surface area contributed by atoms with Gasteiger partial charge in [0.2, 0.25) is 0 Å². The molecule has 2 atom stereocenters. The Hall–Kier alpha value is -3.03. The van der Waals surface area contributed by atoms with Gasteiger partial charge in [0, 0.05) is 44.1 Å². The Labute approximate surface area is 149 Å². The molecule has 0 aliphatic carbocycles. The van der Waals surface area contributed by atoms with E-state index in [0.29, 0.717) is 55.1 Å². The summed E-state index contributed by atoms with van der Waals surface area (Å²) in [7, 11) is 1.56. The molecule has 3 heterocycles. The van der Waals surface area contributed by atoms with Gasteiger partial charge in [0.05, 0.1) is 12.7 Å². The summed E-state index contributed by atoms with van der Waals surface area (Å²) in [6.07, 6.45) is 0. The predicted molar refractivity (Wildman–Crippen MR) is 95.8 cm³/mol. The zero-order valence-corrected chi connectivity index (χ0v) is 14.4. The predicted octanol–water partition coefficient (Wildman–Crippen LogP) is 0.280. The van der Waals surface area contributed by atoms with Crippen LogP contribution in [0.2, 0.25) is 0 Å². The number of benzene rings is 1. The van der Waals surface area contributed by atoms with Crippen LogP contribution < -0.4 is 20.9 Å². The maximum Gasteiger partial charge on any atom is 0.327 e. The summed E-state index contributed by atoms with van der Waals surface area (Å²) < 4.78 is 5.30. The van der Waals surface area contributed by atoms with E-state index in [9.17, 15) is 14.4 Å². The van der Waals surface area contributed by atoms with E-state index < -0.39 is 11.2 Å². The Bertz CT molecular complexity index is 908. The van der Waals surface area contributed by atoms with Crippen molar-refractivity contribution in [3.05, 3.63) is 56.7 Å². The van der Waals surface area contributed by atoms with Gasteiger partial charge in [-0.15, -0.1) is 0 Å². The van der Waals surface area contributed by atoms with Crippen molar-refractivity contribution in [1.82, 2.24) is 14.9 Å². The highest BCUT2D eigenvalue weighted by Gasteiger charge is 2.42. The second-order valence-electron chi connectivity index (χ2n) is 6.81. The average Bonchev–Trinajstić information content (AvgIpc) is 3.19. The number of para-hydroxylation sites is 1. The van der Waals surface area contributed by atoms with Crippen LogP contribution in [0.3, 0.4) is 0 Å². The number of hydrogen-bond acceptors (Lipinski definition) is 5. The summed E-state index contributed by atoms with van der Waals surface area (Å²) in [5.74, 6) is 1.73. The molecule has 2 N–H and O–H groups in total. The highest BCUT2D eigenvalue weighted by molar-refractivity contribution is 5.97. The monoisotopic (exact) mass is 356 g/mol. The molecule has 26 heavy (non-hydrogen) atoms. The van der Waals surface area contributed by atoms with Crippen LogP contribution in [-0.2, 0) is 0 Å². The number of anilines is 1. The Morgan fingerprint density at radius 1 is 1.08 bits per heavy atom. The molecule has 136 valence electrons. The minimum atomic E-state index is -0.502. The first-order valence-corrected chi connectivity index (χ1v) is 8.56. The van der Waals surface area contributed by atoms with Gasteiger partial charge < -0.3 is 14.5 Å². The summed E-state index contributed by atoms with van der Waals surface area (Å²) in [4.78, 5) is 44.5. The quantitative estimate of drug-likeness (QED) is 0.823. The summed E-state index contributed by atoms with van der Waals surface area (Å²) >= 11 is 0. The van der Waals surface area contributed by atoms with Crippen molar-refractivity contribution in [3.8, 4) is 5.75 Å². The van der Waals surface area contributed by atoms with Crippen LogP contribution in [0, 0.1) is 11.8 Å². The van der Waals surface area contributed by atoms with Crippen LogP contribution in [0.25, 0.3) is 0 Å². The minimum Gasteiger partial charge on any atom is -0.496 e. The average molecular weight is 356 g/mol. The second kappa shape index (κ2) is 6.36. The third-order valence-corrected chi connectivity index (χ3v) is 5.20. The van der Waals surface area contributed by atoms with Crippen molar-refractivity contribution < 1.29 is 9.53 Å². The molecule has 4 rings (SSSR count). The molecule has 1 aromatic carbocycles. The van der Waals surface area contributed by atoms with Gasteiger partial charge in [0.25, 0.3) is 11.5 Å². The molecule has 2 saturated heterocycles. The molecule has 0 bridgehead atoms. The smallest absolute Gasteiger partial charge is 0.327 e. The first kappa shape index (κ1) is 16.4. The number of aromatic nitrogens is 2. The molecular weight excluding hydrogens is 336 g/mol. The lowest BCUT2D eigenvalue weighted by Gasteiger charge is -2.23. The van der Waals surface area contributed by atoms with E-state index in [1.165, 1.54) is 6.07 Å². The van der Waals surface area contributed by atoms with Crippen molar-refractivity contribution in [3.63, 3.8) is 0 Å². The molecule has 8 heteroatoms. The number of likely N-dealkylation sites (tertiary alicyclic amines) is 1. The normalized spacial score (nSPS) is 21.7. The van der Waals surface area contributed by atoms with Crippen LogP contribution >= 0.6 is 0 Å². The largest absolute Gasteiger partial charge is 0.496 e. The number of fused-ring (bicyclic) bond motifs is 1. The molecular formula is C18H20N4O4. The van der Waals surface area contributed by atoms with E-state index in [1.807, 2.05) is 21.9 Å². The lowest BCUT2D eigenvalue weighted by atomic mass is 10.0. The van der Waals surface area contributed by atoms with Gasteiger partial charge in [0.1, 0.15) is 11.6 Å². The highest BCUT2D eigenvalue weighted by atomic mass is 16.5. The fraction of sp³-hybridized carbons (Fsp3) is 0.389. The summed E-state index contributed by atoms with van der Waals surface area (Å²) in [6, 6.07) is 8.64. The minimum absolute atomic E-state index is 0.0204. The number of H-pyrrole nitrogens is 2. The van der Waals surface area contributed by atoms with Crippen LogP contribution in [0.4, 0.5) is 5.82 Å². The Kier molecular flexibility index (Phi) is 4.02. The molecule has 2 aliphatic rings. The third kappa shape index (κ3) is 2.87. The zero-order chi connectivity index (χ0) is 18.3. The number of nitrogens with one attached hydrogen (secondary N) is 2. The van der Waals surface area contributed by atoms with Gasteiger partial charge in [0.15, 0.2) is 0 Å². The van der Waals surface area contributed by atoms with Gasteiger partial charge in [-0.05, 0) is 12.1 Å². The number of methoxy groups -OCH3 is 1. The zero-order valence-electron chi connectivity index (χ0n) is 14.4. The maximum atomic E-state index is 12.8. The van der Waals surface area contributed by atoms with Gasteiger partial charge in [-0.2, -0.15) is 0 Å². The molecule has 1 aromatic heterocycles. The van der Waals surface area contributed by atoms with Crippen molar-refractivity contribution >= 4 is 11.7 Å². The van der Waals surface area contributed by atoms with Crippen molar-refractivity contribution in [2.75, 3.05) is 38.2 Å². The summed E-state index contributed by atoms with van der Waals surface area (Å²) in [5, 5.41) is 0. The van der Waals surface area contributed by atoms with E-state index in [0.717, 1.165) is 0 Å². The molecule has 8 nitrogen and oxygen atoms in total. The van der Waals surface area contributed by atoms with E-state index in [2.05, 4.69) is 9.97 Å². The SMILES string of the molecule is COc1ccccc1C(=O)N1CC2CN(c3cc(=O)[nH]c(=O)[nH]3)CC2C1. The highest BCUT2D eigenvalue weighted by Crippen LogP contribution is 2.34. The Morgan fingerprint density at radius 3 is 2.42 bits per heavy atom. The van der Waals surface area contributed by atoms with E-state index in [4.69, 9.17) is 4.74 Å². The van der Waals surface area contributed by atoms with Gasteiger partial charge in [-0.25, -0.2) is 4.79 Å². The summed E-state index contributed by atoms with van der Waals surface area (Å²) in [6.45, 7) is 2.73. The Morgan fingerprint density at radius 2 is 1.77 bits per heavy atom. The third-order valence-electron chi connectivity index (χ3n) is 5.20. The molecule has 0 saturated carbocycles. The number of carbonyl (C=O) groups is 1. The molecule has 1 amide bonds. The number of nitrogens with zero attached hydrogens (tertiary/aromatic N) is 2. The van der Waals surface area contributed by atoms with E-state index >= 15 is 0 Å². The lowest BCUT2D eigenvalue weighted by Crippen LogP contribution is -2.35. The topological polar surface area (TPSA) is 98.5 Å². The van der Waals surface area contributed by atoms with Crippen LogP contribution in [0.15, 0.2) is 39.9 Å². The molecule has 0 radical (unpaired) electrons. The van der Waals surface area contributed by atoms with Crippen LogP contribution in [0.1, 0.15) is 10.4 Å². The number of amides is 1. The maximum absolute atomic E-state index is 12.8.